The fraction of sp³-hybridized carbons (Fsp3) is 0.375. The van der Waals surface area contributed by atoms with E-state index in [1.165, 1.54) is 0 Å². The van der Waals surface area contributed by atoms with Gasteiger partial charge in [-0.3, -0.25) is 19.6 Å². The third kappa shape index (κ3) is 3.76. The number of carbonyl (C=O) groups excluding carboxylic acids is 1. The summed E-state index contributed by atoms with van der Waals surface area (Å²) < 4.78 is 0. The van der Waals surface area contributed by atoms with E-state index in [2.05, 4.69) is 15.0 Å². The van der Waals surface area contributed by atoms with Crippen molar-refractivity contribution in [3.05, 3.63) is 76.2 Å². The fourth-order valence-corrected chi connectivity index (χ4v) is 4.99. The molecule has 0 radical (unpaired) electrons. The van der Waals surface area contributed by atoms with Crippen molar-refractivity contribution in [1.29, 1.82) is 0 Å². The van der Waals surface area contributed by atoms with Gasteiger partial charge in [-0.25, -0.2) is 4.98 Å². The molecular weight excluding hydrogens is 390 g/mol. The summed E-state index contributed by atoms with van der Waals surface area (Å²) >= 11 is 0. The van der Waals surface area contributed by atoms with Crippen LogP contribution in [-0.2, 0) is 23.1 Å². The van der Waals surface area contributed by atoms with Crippen LogP contribution >= 0.6 is 0 Å². The van der Waals surface area contributed by atoms with E-state index in [1.807, 2.05) is 29.2 Å². The van der Waals surface area contributed by atoms with Crippen LogP contribution in [0.5, 0.6) is 0 Å². The molecule has 1 fully saturated rings. The summed E-state index contributed by atoms with van der Waals surface area (Å²) in [6.45, 7) is 1.41. The first-order chi connectivity index (χ1) is 15.1. The maximum atomic E-state index is 13.0. The quantitative estimate of drug-likeness (QED) is 0.707. The first-order valence-corrected chi connectivity index (χ1v) is 10.9. The van der Waals surface area contributed by atoms with Crippen molar-refractivity contribution in [2.75, 3.05) is 13.1 Å². The summed E-state index contributed by atoms with van der Waals surface area (Å²) in [7, 11) is 0. The lowest BCUT2D eigenvalue weighted by Gasteiger charge is -2.40. The van der Waals surface area contributed by atoms with Crippen molar-refractivity contribution in [2.45, 2.75) is 43.9 Å². The lowest BCUT2D eigenvalue weighted by molar-refractivity contribution is -0.133. The molecule has 1 aliphatic carbocycles. The van der Waals surface area contributed by atoms with Crippen LogP contribution in [0.4, 0.5) is 0 Å². The second-order valence-corrected chi connectivity index (χ2v) is 8.54. The molecule has 158 valence electrons. The largest absolute Gasteiger partial charge is 0.342 e. The van der Waals surface area contributed by atoms with Gasteiger partial charge in [-0.2, -0.15) is 0 Å². The molecule has 1 saturated heterocycles. The van der Waals surface area contributed by atoms with Gasteiger partial charge in [-0.15, -0.1) is 0 Å². The van der Waals surface area contributed by atoms with Gasteiger partial charge in [0.2, 0.25) is 5.91 Å². The molecule has 1 atom stereocenters. The number of fused-ring (bicyclic) bond motifs is 2. The Morgan fingerprint density at radius 1 is 1.13 bits per heavy atom. The van der Waals surface area contributed by atoms with Crippen LogP contribution in [0.1, 0.15) is 42.5 Å². The normalized spacial score (nSPS) is 20.1. The van der Waals surface area contributed by atoms with Gasteiger partial charge in [0.1, 0.15) is 5.82 Å². The van der Waals surface area contributed by atoms with Crippen molar-refractivity contribution in [1.82, 2.24) is 24.8 Å². The van der Waals surface area contributed by atoms with Crippen molar-refractivity contribution in [3.8, 4) is 11.4 Å². The minimum Gasteiger partial charge on any atom is -0.342 e. The maximum Gasteiger partial charge on any atom is 0.254 e. The molecule has 3 aromatic rings. The van der Waals surface area contributed by atoms with E-state index >= 15 is 0 Å². The van der Waals surface area contributed by atoms with Gasteiger partial charge in [0.15, 0.2) is 0 Å². The Morgan fingerprint density at radius 2 is 2.00 bits per heavy atom. The highest BCUT2D eigenvalue weighted by Crippen LogP contribution is 2.43. The highest BCUT2D eigenvalue weighted by Gasteiger charge is 2.45. The maximum absolute atomic E-state index is 13.0. The highest BCUT2D eigenvalue weighted by atomic mass is 16.2. The average Bonchev–Trinajstić information content (AvgIpc) is 3.16. The molecule has 0 bridgehead atoms. The lowest BCUT2D eigenvalue weighted by Crippen LogP contribution is -2.48. The Balaban J connectivity index is 1.39. The molecule has 2 aliphatic rings. The summed E-state index contributed by atoms with van der Waals surface area (Å²) in [5.74, 6) is 0.723. The number of carbonyl (C=O) groups is 1. The Kier molecular flexibility index (Phi) is 5.10. The monoisotopic (exact) mass is 415 g/mol. The summed E-state index contributed by atoms with van der Waals surface area (Å²) in [5, 5.41) is 0. The number of likely N-dealkylation sites (tertiary alicyclic amines) is 1. The van der Waals surface area contributed by atoms with Gasteiger partial charge in [0, 0.05) is 60.8 Å². The van der Waals surface area contributed by atoms with E-state index in [0.29, 0.717) is 31.6 Å². The summed E-state index contributed by atoms with van der Waals surface area (Å²) in [6.07, 6.45) is 11.6. The number of pyridine rings is 2. The smallest absolute Gasteiger partial charge is 0.254 e. The number of piperidine rings is 1. The van der Waals surface area contributed by atoms with E-state index in [9.17, 15) is 9.59 Å². The fourth-order valence-electron chi connectivity index (χ4n) is 4.99. The number of hydrogen-bond acceptors (Lipinski definition) is 5. The predicted octanol–water partition coefficient (Wildman–Crippen LogP) is 2.67. The van der Waals surface area contributed by atoms with Crippen LogP contribution in [0.3, 0.4) is 0 Å². The molecule has 5 rings (SSSR count). The minimum absolute atomic E-state index is 0.0677. The second kappa shape index (κ2) is 8.06. The number of nitrogens with one attached hydrogen (secondary N) is 1. The van der Waals surface area contributed by atoms with Gasteiger partial charge in [0.05, 0.1) is 5.69 Å². The molecule has 3 aromatic heterocycles. The number of hydrogen-bond donors (Lipinski definition) is 1. The number of aromatic nitrogens is 4. The van der Waals surface area contributed by atoms with Crippen molar-refractivity contribution in [2.24, 2.45) is 0 Å². The Labute approximate surface area is 180 Å². The van der Waals surface area contributed by atoms with Gasteiger partial charge >= 0.3 is 0 Å². The van der Waals surface area contributed by atoms with Crippen LogP contribution < -0.4 is 5.56 Å². The Hall–Kier alpha value is -3.35. The molecule has 1 aliphatic heterocycles. The van der Waals surface area contributed by atoms with Gasteiger partial charge in [-0.05, 0) is 61.9 Å². The molecular formula is C24H25N5O2. The van der Waals surface area contributed by atoms with Crippen LogP contribution in [0.2, 0.25) is 0 Å². The molecule has 7 nitrogen and oxygen atoms in total. The van der Waals surface area contributed by atoms with E-state index < -0.39 is 0 Å². The first-order valence-electron chi connectivity index (χ1n) is 10.9. The van der Waals surface area contributed by atoms with E-state index in [4.69, 9.17) is 4.98 Å². The Morgan fingerprint density at radius 3 is 2.81 bits per heavy atom. The van der Waals surface area contributed by atoms with Gasteiger partial charge < -0.3 is 9.88 Å². The molecule has 4 heterocycles. The standard InChI is InChI=1S/C24H25N5O2/c30-20(5-4-17-7-12-25-13-8-17)29-14-2-9-24(16-29)10-6-19-21(24)27-22(28-23(19)31)18-3-1-11-26-15-18/h1,3,7-8,11-13,15H,2,4-6,9-10,14,16H2,(H,27,28,31). The lowest BCUT2D eigenvalue weighted by atomic mass is 9.77. The Bertz CT molecular complexity index is 1150. The molecule has 7 heteroatoms. The number of rotatable bonds is 4. The third-order valence-corrected chi connectivity index (χ3v) is 6.61. The zero-order valence-corrected chi connectivity index (χ0v) is 17.4. The number of nitrogens with zero attached hydrogens (tertiary/aromatic N) is 4. The topological polar surface area (TPSA) is 91.8 Å². The molecule has 1 amide bonds. The van der Waals surface area contributed by atoms with Crippen molar-refractivity contribution >= 4 is 5.91 Å². The SMILES string of the molecule is O=C(CCc1ccncc1)N1CCCC2(CCc3c2nc(-c2cccnc2)[nH]c3=O)C1. The summed E-state index contributed by atoms with van der Waals surface area (Å²) in [6, 6.07) is 7.64. The summed E-state index contributed by atoms with van der Waals surface area (Å²) in [5.41, 5.74) is 3.27. The molecule has 1 spiro atoms. The van der Waals surface area contributed by atoms with Gasteiger partial charge in [-0.1, -0.05) is 0 Å². The summed E-state index contributed by atoms with van der Waals surface area (Å²) in [4.78, 5) is 43.8. The van der Waals surface area contributed by atoms with Crippen molar-refractivity contribution in [3.63, 3.8) is 0 Å². The van der Waals surface area contributed by atoms with Crippen LogP contribution in [0.25, 0.3) is 11.4 Å². The van der Waals surface area contributed by atoms with Crippen molar-refractivity contribution < 1.29 is 4.79 Å². The van der Waals surface area contributed by atoms with Crippen LogP contribution in [-0.4, -0.2) is 43.8 Å². The van der Waals surface area contributed by atoms with E-state index in [1.54, 1.807) is 24.8 Å². The van der Waals surface area contributed by atoms with Gasteiger partial charge in [0.25, 0.3) is 5.56 Å². The van der Waals surface area contributed by atoms with E-state index in [0.717, 1.165) is 48.2 Å². The minimum atomic E-state index is -0.231. The molecule has 0 aromatic carbocycles. The van der Waals surface area contributed by atoms with Crippen LogP contribution in [0.15, 0.2) is 53.8 Å². The predicted molar refractivity (Wildman–Crippen MR) is 116 cm³/mol. The molecule has 1 unspecified atom stereocenters. The third-order valence-electron chi connectivity index (χ3n) is 6.61. The molecule has 1 N–H and O–H groups in total. The zero-order valence-electron chi connectivity index (χ0n) is 17.4. The average molecular weight is 415 g/mol. The second-order valence-electron chi connectivity index (χ2n) is 8.54. The number of H-pyrrole nitrogens is 1. The first kappa shape index (κ1) is 19.6. The molecule has 31 heavy (non-hydrogen) atoms. The number of aryl methyl sites for hydroxylation is 1. The molecule has 0 saturated carbocycles. The number of amides is 1. The highest BCUT2D eigenvalue weighted by molar-refractivity contribution is 5.76. The number of aromatic amines is 1. The van der Waals surface area contributed by atoms with Crippen LogP contribution in [0, 0.1) is 0 Å². The van der Waals surface area contributed by atoms with E-state index in [-0.39, 0.29) is 16.9 Å². The zero-order chi connectivity index (χ0) is 21.3.